The average molecular weight is 270 g/mol. The minimum atomic E-state index is -0.522. The Hall–Kier alpha value is -2.82. The minimum Gasteiger partial charge on any atom is -0.508 e. The van der Waals surface area contributed by atoms with Crippen LogP contribution in [0.15, 0.2) is 42.5 Å². The number of hydrogen-bond acceptors (Lipinski definition) is 3. The maximum atomic E-state index is 12.0. The normalized spacial score (nSPS) is 10.1. The van der Waals surface area contributed by atoms with Crippen molar-refractivity contribution in [3.63, 3.8) is 0 Å². The van der Waals surface area contributed by atoms with Gasteiger partial charge in [0.25, 0.3) is 5.91 Å². The zero-order valence-corrected chi connectivity index (χ0v) is 10.9. The highest BCUT2D eigenvalue weighted by molar-refractivity contribution is 6.04. The van der Waals surface area contributed by atoms with Gasteiger partial charge in [0.1, 0.15) is 5.75 Å². The summed E-state index contributed by atoms with van der Waals surface area (Å²) < 4.78 is 0. The number of aromatic hydroxyl groups is 1. The van der Waals surface area contributed by atoms with E-state index in [4.69, 9.17) is 5.73 Å². The van der Waals surface area contributed by atoms with E-state index in [9.17, 15) is 14.7 Å². The lowest BCUT2D eigenvalue weighted by Crippen LogP contribution is -2.13. The van der Waals surface area contributed by atoms with E-state index >= 15 is 0 Å². The number of benzene rings is 2. The summed E-state index contributed by atoms with van der Waals surface area (Å²) in [6.07, 6.45) is 0. The molecule has 0 aromatic heterocycles. The van der Waals surface area contributed by atoms with Gasteiger partial charge in [0.15, 0.2) is 0 Å². The minimum absolute atomic E-state index is 0.0710. The van der Waals surface area contributed by atoms with Gasteiger partial charge in [-0.3, -0.25) is 9.59 Å². The van der Waals surface area contributed by atoms with E-state index in [2.05, 4.69) is 5.32 Å². The van der Waals surface area contributed by atoms with Crippen LogP contribution in [-0.2, 0) is 0 Å². The van der Waals surface area contributed by atoms with Crippen LogP contribution in [-0.4, -0.2) is 16.9 Å². The Morgan fingerprint density at radius 2 is 1.65 bits per heavy atom. The molecular formula is C15H14N2O3. The molecule has 0 aliphatic heterocycles. The third-order valence-corrected chi connectivity index (χ3v) is 2.90. The summed E-state index contributed by atoms with van der Waals surface area (Å²) in [5.41, 5.74) is 7.10. The molecule has 0 saturated carbocycles. The number of nitrogens with two attached hydrogens (primary N) is 1. The smallest absolute Gasteiger partial charge is 0.255 e. The van der Waals surface area contributed by atoms with E-state index in [1.165, 1.54) is 18.2 Å². The van der Waals surface area contributed by atoms with Gasteiger partial charge in [-0.15, -0.1) is 0 Å². The van der Waals surface area contributed by atoms with E-state index < -0.39 is 5.91 Å². The Balaban J connectivity index is 2.14. The van der Waals surface area contributed by atoms with Crippen molar-refractivity contribution in [1.29, 1.82) is 0 Å². The van der Waals surface area contributed by atoms with Crippen molar-refractivity contribution in [2.75, 3.05) is 5.32 Å². The molecular weight excluding hydrogens is 256 g/mol. The maximum Gasteiger partial charge on any atom is 0.255 e. The molecule has 4 N–H and O–H groups in total. The molecule has 0 fully saturated rings. The summed E-state index contributed by atoms with van der Waals surface area (Å²) in [6, 6.07) is 10.9. The number of anilines is 1. The highest BCUT2D eigenvalue weighted by atomic mass is 16.3. The van der Waals surface area contributed by atoms with Gasteiger partial charge in [0, 0.05) is 16.8 Å². The quantitative estimate of drug-likeness (QED) is 0.797. The van der Waals surface area contributed by atoms with Crippen LogP contribution in [0.1, 0.15) is 26.3 Å². The van der Waals surface area contributed by atoms with Crippen LogP contribution in [0, 0.1) is 6.92 Å². The van der Waals surface area contributed by atoms with E-state index in [-0.39, 0.29) is 11.7 Å². The number of rotatable bonds is 3. The highest BCUT2D eigenvalue weighted by Gasteiger charge is 2.08. The standard InChI is InChI=1S/C15H14N2O3/c1-9-2-3-11(8-13(9)18)15(20)17-12-6-4-10(5-7-12)14(16)19/h2-8,18H,1H3,(H2,16,19)(H,17,20). The van der Waals surface area contributed by atoms with Gasteiger partial charge in [-0.2, -0.15) is 0 Å². The third kappa shape index (κ3) is 2.95. The molecule has 0 aliphatic carbocycles. The fourth-order valence-electron chi connectivity index (χ4n) is 1.67. The van der Waals surface area contributed by atoms with E-state index in [1.807, 2.05) is 0 Å². The first-order valence-corrected chi connectivity index (χ1v) is 5.98. The Kier molecular flexibility index (Phi) is 3.70. The van der Waals surface area contributed by atoms with Crippen molar-refractivity contribution in [3.05, 3.63) is 59.2 Å². The molecule has 2 aromatic carbocycles. The zero-order chi connectivity index (χ0) is 14.7. The van der Waals surface area contributed by atoms with Crippen LogP contribution in [0.4, 0.5) is 5.69 Å². The molecule has 0 aliphatic rings. The summed E-state index contributed by atoms with van der Waals surface area (Å²) in [7, 11) is 0. The topological polar surface area (TPSA) is 92.4 Å². The van der Waals surface area contributed by atoms with Crippen LogP contribution >= 0.6 is 0 Å². The average Bonchev–Trinajstić information content (AvgIpc) is 2.42. The lowest BCUT2D eigenvalue weighted by atomic mass is 10.1. The zero-order valence-electron chi connectivity index (χ0n) is 10.9. The number of nitrogens with one attached hydrogen (secondary N) is 1. The molecule has 5 heteroatoms. The Morgan fingerprint density at radius 3 is 2.20 bits per heavy atom. The molecule has 0 atom stereocenters. The van der Waals surface area contributed by atoms with Crippen LogP contribution < -0.4 is 11.1 Å². The van der Waals surface area contributed by atoms with Crippen LogP contribution in [0.3, 0.4) is 0 Å². The van der Waals surface area contributed by atoms with E-state index in [1.54, 1.807) is 31.2 Å². The largest absolute Gasteiger partial charge is 0.508 e. The molecule has 5 nitrogen and oxygen atoms in total. The highest BCUT2D eigenvalue weighted by Crippen LogP contribution is 2.18. The van der Waals surface area contributed by atoms with E-state index in [0.29, 0.717) is 22.4 Å². The van der Waals surface area contributed by atoms with Gasteiger partial charge in [-0.25, -0.2) is 0 Å². The maximum absolute atomic E-state index is 12.0. The molecule has 0 heterocycles. The number of carbonyl (C=O) groups is 2. The molecule has 2 amide bonds. The molecule has 102 valence electrons. The van der Waals surface area contributed by atoms with Crippen molar-refractivity contribution >= 4 is 17.5 Å². The summed E-state index contributed by atoms with van der Waals surface area (Å²) in [5.74, 6) is -0.791. The van der Waals surface area contributed by atoms with Gasteiger partial charge < -0.3 is 16.2 Å². The molecule has 2 aromatic rings. The van der Waals surface area contributed by atoms with Gasteiger partial charge in [-0.05, 0) is 48.9 Å². The van der Waals surface area contributed by atoms with Crippen molar-refractivity contribution in [1.82, 2.24) is 0 Å². The SMILES string of the molecule is Cc1ccc(C(=O)Nc2ccc(C(N)=O)cc2)cc1O. The van der Waals surface area contributed by atoms with Crippen LogP contribution in [0.2, 0.25) is 0 Å². The lowest BCUT2D eigenvalue weighted by Gasteiger charge is -2.07. The number of primary amides is 1. The summed E-state index contributed by atoms with van der Waals surface area (Å²) in [4.78, 5) is 22.9. The van der Waals surface area contributed by atoms with Crippen LogP contribution in [0.5, 0.6) is 5.75 Å². The van der Waals surface area contributed by atoms with Crippen molar-refractivity contribution in [2.45, 2.75) is 6.92 Å². The first-order chi connectivity index (χ1) is 9.47. The van der Waals surface area contributed by atoms with Crippen molar-refractivity contribution in [2.24, 2.45) is 5.73 Å². The summed E-state index contributed by atoms with van der Waals surface area (Å²) in [6.45, 7) is 1.75. The molecule has 0 saturated heterocycles. The second-order valence-electron chi connectivity index (χ2n) is 4.40. The fraction of sp³-hybridized carbons (Fsp3) is 0.0667. The summed E-state index contributed by atoms with van der Waals surface area (Å²) in [5, 5.41) is 12.3. The molecule has 0 bridgehead atoms. The predicted octanol–water partition coefficient (Wildman–Crippen LogP) is 2.05. The third-order valence-electron chi connectivity index (χ3n) is 2.90. The Bertz CT molecular complexity index is 663. The molecule has 0 unspecified atom stereocenters. The van der Waals surface area contributed by atoms with Gasteiger partial charge >= 0.3 is 0 Å². The summed E-state index contributed by atoms with van der Waals surface area (Å²) >= 11 is 0. The number of phenolic OH excluding ortho intramolecular Hbond substituents is 1. The van der Waals surface area contributed by atoms with Crippen molar-refractivity contribution < 1.29 is 14.7 Å². The Morgan fingerprint density at radius 1 is 1.05 bits per heavy atom. The number of carbonyl (C=O) groups excluding carboxylic acids is 2. The first-order valence-electron chi connectivity index (χ1n) is 5.98. The fourth-order valence-corrected chi connectivity index (χ4v) is 1.67. The number of aryl methyl sites for hydroxylation is 1. The number of amides is 2. The molecule has 2 rings (SSSR count). The second kappa shape index (κ2) is 5.44. The number of phenols is 1. The number of hydrogen-bond donors (Lipinski definition) is 3. The van der Waals surface area contributed by atoms with E-state index in [0.717, 1.165) is 0 Å². The van der Waals surface area contributed by atoms with Gasteiger partial charge in [-0.1, -0.05) is 6.07 Å². The molecule has 0 spiro atoms. The first kappa shape index (κ1) is 13.6. The van der Waals surface area contributed by atoms with Gasteiger partial charge in [0.05, 0.1) is 0 Å². The lowest BCUT2D eigenvalue weighted by molar-refractivity contribution is 0.0998. The van der Waals surface area contributed by atoms with Crippen molar-refractivity contribution in [3.8, 4) is 5.75 Å². The monoisotopic (exact) mass is 270 g/mol. The van der Waals surface area contributed by atoms with Crippen LogP contribution in [0.25, 0.3) is 0 Å². The Labute approximate surface area is 116 Å². The molecule has 0 radical (unpaired) electrons. The van der Waals surface area contributed by atoms with Gasteiger partial charge in [0.2, 0.25) is 5.91 Å². The molecule has 20 heavy (non-hydrogen) atoms. The predicted molar refractivity (Wildman–Crippen MR) is 75.8 cm³/mol. The second-order valence-corrected chi connectivity index (χ2v) is 4.40.